The Labute approximate surface area is 224 Å². The summed E-state index contributed by atoms with van der Waals surface area (Å²) in [4.78, 5) is 13.7. The molecular weight excluding hydrogens is 510 g/mol. The van der Waals surface area contributed by atoms with Crippen molar-refractivity contribution in [3.63, 3.8) is 0 Å². The Balaban J connectivity index is 1.47. The summed E-state index contributed by atoms with van der Waals surface area (Å²) in [6.07, 6.45) is 1.86. The Morgan fingerprint density at radius 3 is 2.58 bits per heavy atom. The van der Waals surface area contributed by atoms with Crippen LogP contribution >= 0.6 is 11.6 Å². The van der Waals surface area contributed by atoms with Gasteiger partial charge in [0.1, 0.15) is 11.8 Å². The van der Waals surface area contributed by atoms with E-state index < -0.39 is 23.5 Å². The smallest absolute Gasteiger partial charge is 0.388 e. The zero-order valence-electron chi connectivity index (χ0n) is 21.0. The number of nitriles is 1. The van der Waals surface area contributed by atoms with E-state index in [-0.39, 0.29) is 24.3 Å². The number of nitrogens with one attached hydrogen (secondary N) is 1. The first kappa shape index (κ1) is 26.1. The number of allylic oxidation sites excluding steroid dienone is 4. The lowest BCUT2D eigenvalue weighted by Crippen LogP contribution is -2.55. The van der Waals surface area contributed by atoms with E-state index in [9.17, 15) is 14.4 Å². The molecule has 1 fully saturated rings. The minimum atomic E-state index is -1.61. The molecule has 2 aromatic carbocycles. The quantitative estimate of drug-likeness (QED) is 0.389. The van der Waals surface area contributed by atoms with Gasteiger partial charge in [-0.15, -0.1) is 5.10 Å². The van der Waals surface area contributed by atoms with Crippen molar-refractivity contribution in [1.29, 1.82) is 5.26 Å². The number of rotatable bonds is 7. The second-order valence-electron chi connectivity index (χ2n) is 10.4. The molecule has 0 radical (unpaired) electrons. The molecule has 0 amide bonds. The molecule has 0 bridgehead atoms. The van der Waals surface area contributed by atoms with Gasteiger partial charge in [-0.05, 0) is 72.9 Å². The molecule has 3 atom stereocenters. The van der Waals surface area contributed by atoms with Crippen molar-refractivity contribution in [2.24, 2.45) is 11.8 Å². The van der Waals surface area contributed by atoms with E-state index in [0.29, 0.717) is 34.8 Å². The monoisotopic (exact) mass is 536 g/mol. The Kier molecular flexibility index (Phi) is 7.08. The average Bonchev–Trinajstić information content (AvgIpc) is 3.29. The van der Waals surface area contributed by atoms with Crippen molar-refractivity contribution in [3.8, 4) is 17.5 Å². The van der Waals surface area contributed by atoms with Gasteiger partial charge in [-0.1, -0.05) is 35.9 Å². The minimum Gasteiger partial charge on any atom is -0.388 e. The third-order valence-electron chi connectivity index (χ3n) is 7.22. The summed E-state index contributed by atoms with van der Waals surface area (Å²) in [6, 6.07) is 17.0. The normalized spacial score (nSPS) is 20.2. The van der Waals surface area contributed by atoms with Gasteiger partial charge in [0.2, 0.25) is 5.89 Å². The molecule has 2 aliphatic rings. The maximum Gasteiger partial charge on any atom is 0.434 e. The number of aromatic nitrogens is 2. The molecule has 6 nitrogen and oxygen atoms in total. The van der Waals surface area contributed by atoms with Gasteiger partial charge in [-0.25, -0.2) is 18.7 Å². The Morgan fingerprint density at radius 2 is 1.95 bits per heavy atom. The van der Waals surface area contributed by atoms with Gasteiger partial charge in [0.05, 0.1) is 12.1 Å². The first-order valence-electron chi connectivity index (χ1n) is 12.4. The highest BCUT2D eigenvalue weighted by Gasteiger charge is 2.46. The van der Waals surface area contributed by atoms with Gasteiger partial charge >= 0.3 is 5.76 Å². The van der Waals surface area contributed by atoms with Gasteiger partial charge in [-0.3, -0.25) is 4.90 Å². The number of halogens is 3. The summed E-state index contributed by atoms with van der Waals surface area (Å²) in [6.45, 7) is 4.16. The zero-order valence-corrected chi connectivity index (χ0v) is 21.8. The molecule has 1 aromatic heterocycles. The highest BCUT2D eigenvalue weighted by molar-refractivity contribution is 6.30. The van der Waals surface area contributed by atoms with E-state index in [0.717, 1.165) is 11.1 Å². The van der Waals surface area contributed by atoms with Crippen molar-refractivity contribution in [2.75, 3.05) is 13.1 Å². The van der Waals surface area contributed by atoms with Gasteiger partial charge in [0.15, 0.2) is 0 Å². The second-order valence-corrected chi connectivity index (χ2v) is 10.9. The molecule has 3 unspecified atom stereocenters. The summed E-state index contributed by atoms with van der Waals surface area (Å²) in [5, 5.41) is 16.2. The van der Waals surface area contributed by atoms with Crippen LogP contribution in [0.4, 0.5) is 8.78 Å². The van der Waals surface area contributed by atoms with Crippen molar-refractivity contribution >= 4 is 11.6 Å². The van der Waals surface area contributed by atoms with Gasteiger partial charge in [0.25, 0.3) is 0 Å². The lowest BCUT2D eigenvalue weighted by Gasteiger charge is -2.50. The topological polar surface area (TPSA) is 85.9 Å². The Bertz CT molecular complexity index is 1470. The van der Waals surface area contributed by atoms with Crippen LogP contribution in [0.5, 0.6) is 0 Å². The molecule has 1 saturated heterocycles. The third-order valence-corrected chi connectivity index (χ3v) is 7.47. The fraction of sp³-hybridized carbons (Fsp3) is 0.345. The van der Waals surface area contributed by atoms with E-state index >= 15 is 4.39 Å². The van der Waals surface area contributed by atoms with Gasteiger partial charge in [-0.2, -0.15) is 5.26 Å². The minimum absolute atomic E-state index is 0.0291. The van der Waals surface area contributed by atoms with E-state index in [2.05, 4.69) is 15.1 Å². The van der Waals surface area contributed by atoms with Crippen LogP contribution in [0.2, 0.25) is 5.02 Å². The average molecular weight is 537 g/mol. The molecule has 2 heterocycles. The molecular formula is C29H27ClF2N4O2. The first-order valence-corrected chi connectivity index (χ1v) is 12.8. The molecule has 0 saturated carbocycles. The highest BCUT2D eigenvalue weighted by Crippen LogP contribution is 2.45. The SMILES string of the molecule is CC(C)(F)C(C1=CC(F)CC(C#N)=C1)C1CN(C(c2ccc(Cl)cc2)c2cccc(-c3n[nH]c(=O)o3)c2)C1. The first-order chi connectivity index (χ1) is 18.1. The fourth-order valence-corrected chi connectivity index (χ4v) is 5.84. The number of nitrogens with zero attached hydrogens (tertiary/aromatic N) is 3. The number of H-pyrrole nitrogens is 1. The second kappa shape index (κ2) is 10.3. The lowest BCUT2D eigenvalue weighted by atomic mass is 9.70. The number of likely N-dealkylation sites (tertiary alicyclic amines) is 1. The van der Waals surface area contributed by atoms with Crippen molar-refractivity contribution in [3.05, 3.63) is 98.5 Å². The van der Waals surface area contributed by atoms with Crippen LogP contribution in [-0.4, -0.2) is 40.0 Å². The van der Waals surface area contributed by atoms with Crippen LogP contribution < -0.4 is 5.76 Å². The van der Waals surface area contributed by atoms with Crippen molar-refractivity contribution in [2.45, 2.75) is 38.2 Å². The molecule has 38 heavy (non-hydrogen) atoms. The molecule has 3 aromatic rings. The molecule has 0 spiro atoms. The molecule has 196 valence electrons. The summed E-state index contributed by atoms with van der Waals surface area (Å²) in [7, 11) is 0. The molecule has 9 heteroatoms. The maximum atomic E-state index is 15.6. The standard InChI is InChI=1S/C29H27ClF2N4O2/c1-29(2,32)25(21-10-17(14-33)11-24(31)13-21)22-15-36(16-22)26(18-6-8-23(30)9-7-18)19-4-3-5-20(12-19)27-34-35-28(37)38-27/h3-10,12-13,22,24-26H,11,15-16H2,1-2H3,(H,35,37). The number of hydrogen-bond donors (Lipinski definition) is 1. The summed E-state index contributed by atoms with van der Waals surface area (Å²) in [5.41, 5.74) is 1.87. The summed E-state index contributed by atoms with van der Waals surface area (Å²) >= 11 is 6.16. The van der Waals surface area contributed by atoms with Crippen LogP contribution in [0.3, 0.4) is 0 Å². The predicted molar refractivity (Wildman–Crippen MR) is 141 cm³/mol. The van der Waals surface area contributed by atoms with Crippen molar-refractivity contribution < 1.29 is 13.2 Å². The maximum absolute atomic E-state index is 15.6. The lowest BCUT2D eigenvalue weighted by molar-refractivity contribution is -0.00831. The molecule has 1 aliphatic carbocycles. The van der Waals surface area contributed by atoms with Crippen LogP contribution in [0.1, 0.15) is 37.4 Å². The summed E-state index contributed by atoms with van der Waals surface area (Å²) in [5.74, 6) is -1.08. The number of hydrogen-bond acceptors (Lipinski definition) is 5. The van der Waals surface area contributed by atoms with E-state index in [1.54, 1.807) is 6.08 Å². The fourth-order valence-electron chi connectivity index (χ4n) is 5.71. The van der Waals surface area contributed by atoms with Gasteiger partial charge < -0.3 is 4.42 Å². The number of aromatic amines is 1. The zero-order chi connectivity index (χ0) is 27.0. The molecule has 5 rings (SSSR count). The van der Waals surface area contributed by atoms with Crippen LogP contribution in [-0.2, 0) is 0 Å². The van der Waals surface area contributed by atoms with Crippen LogP contribution in [0, 0.1) is 23.2 Å². The highest BCUT2D eigenvalue weighted by atomic mass is 35.5. The van der Waals surface area contributed by atoms with Gasteiger partial charge in [0, 0.05) is 41.6 Å². The van der Waals surface area contributed by atoms with E-state index in [1.807, 2.05) is 54.6 Å². The number of benzene rings is 2. The number of alkyl halides is 2. The van der Waals surface area contributed by atoms with E-state index in [1.165, 1.54) is 19.9 Å². The van der Waals surface area contributed by atoms with Crippen LogP contribution in [0.25, 0.3) is 11.5 Å². The van der Waals surface area contributed by atoms with Crippen LogP contribution in [0.15, 0.2) is 81.0 Å². The third kappa shape index (κ3) is 5.35. The Morgan fingerprint density at radius 1 is 1.21 bits per heavy atom. The Hall–Kier alpha value is -3.54. The predicted octanol–water partition coefficient (Wildman–Crippen LogP) is 6.19. The largest absolute Gasteiger partial charge is 0.434 e. The van der Waals surface area contributed by atoms with Crippen molar-refractivity contribution in [1.82, 2.24) is 15.1 Å². The molecule has 1 aliphatic heterocycles. The summed E-state index contributed by atoms with van der Waals surface area (Å²) < 4.78 is 35.1. The van der Waals surface area contributed by atoms with E-state index in [4.69, 9.17) is 16.0 Å². The molecule has 1 N–H and O–H groups in total.